The van der Waals surface area contributed by atoms with Crippen molar-refractivity contribution in [3.8, 4) is 0 Å². The average molecular weight is 306 g/mol. The fraction of sp³-hybridized carbons (Fsp3) is 0.143. The summed E-state index contributed by atoms with van der Waals surface area (Å²) in [6.45, 7) is 0. The van der Waals surface area contributed by atoms with E-state index in [1.54, 1.807) is 0 Å². The molecule has 0 spiro atoms. The Morgan fingerprint density at radius 1 is 0.800 bits per heavy atom. The van der Waals surface area contributed by atoms with Gasteiger partial charge in [-0.3, -0.25) is 0 Å². The standard InChI is InChI=1S/C14H18O4Si2/c1-16-19(17-2)18-20(15,13-9-5-3-6-10-13)14-11-7-4-8-12-14/h3-12,15,19H,1-2H3. The molecule has 4 nitrogen and oxygen atoms in total. The number of rotatable bonds is 6. The lowest BCUT2D eigenvalue weighted by atomic mass is 10.4. The van der Waals surface area contributed by atoms with Crippen LogP contribution in [0.3, 0.4) is 0 Å². The molecular weight excluding hydrogens is 288 g/mol. The Morgan fingerprint density at radius 2 is 1.20 bits per heavy atom. The van der Waals surface area contributed by atoms with Crippen LogP contribution in [0.4, 0.5) is 0 Å². The van der Waals surface area contributed by atoms with Crippen molar-refractivity contribution < 1.29 is 17.8 Å². The fourth-order valence-electron chi connectivity index (χ4n) is 1.96. The highest BCUT2D eigenvalue weighted by atomic mass is 28.4. The van der Waals surface area contributed by atoms with Gasteiger partial charge < -0.3 is 17.8 Å². The van der Waals surface area contributed by atoms with Gasteiger partial charge in [0.15, 0.2) is 0 Å². The van der Waals surface area contributed by atoms with Gasteiger partial charge in [-0.05, 0) is 10.4 Å². The normalized spacial score (nSPS) is 11.8. The molecule has 106 valence electrons. The van der Waals surface area contributed by atoms with E-state index in [0.29, 0.717) is 0 Å². The van der Waals surface area contributed by atoms with E-state index in [-0.39, 0.29) is 0 Å². The zero-order valence-electron chi connectivity index (χ0n) is 11.5. The Balaban J connectivity index is 2.43. The van der Waals surface area contributed by atoms with Gasteiger partial charge in [-0.15, -0.1) is 0 Å². The molecule has 0 aliphatic heterocycles. The van der Waals surface area contributed by atoms with Crippen molar-refractivity contribution in [1.29, 1.82) is 0 Å². The summed E-state index contributed by atoms with van der Waals surface area (Å²) >= 11 is 0. The van der Waals surface area contributed by atoms with Crippen LogP contribution in [0.2, 0.25) is 0 Å². The lowest BCUT2D eigenvalue weighted by Gasteiger charge is -2.28. The summed E-state index contributed by atoms with van der Waals surface area (Å²) in [5.41, 5.74) is 0. The Bertz CT molecular complexity index is 478. The van der Waals surface area contributed by atoms with E-state index in [4.69, 9.17) is 13.0 Å². The van der Waals surface area contributed by atoms with Crippen molar-refractivity contribution in [3.63, 3.8) is 0 Å². The maximum atomic E-state index is 11.2. The molecule has 0 aliphatic rings. The van der Waals surface area contributed by atoms with Crippen LogP contribution in [-0.4, -0.2) is 37.1 Å². The molecule has 0 saturated carbocycles. The zero-order valence-corrected chi connectivity index (χ0v) is 13.7. The molecule has 0 bridgehead atoms. The van der Waals surface area contributed by atoms with Crippen molar-refractivity contribution in [1.82, 2.24) is 0 Å². The summed E-state index contributed by atoms with van der Waals surface area (Å²) in [7, 11) is -2.57. The Morgan fingerprint density at radius 3 is 1.55 bits per heavy atom. The molecule has 0 aliphatic carbocycles. The molecule has 2 aromatic rings. The second-order valence-electron chi connectivity index (χ2n) is 4.25. The molecule has 0 fully saturated rings. The number of benzene rings is 2. The average Bonchev–Trinajstić information content (AvgIpc) is 2.54. The molecular formula is C14H18O4Si2. The molecule has 0 aromatic heterocycles. The Labute approximate surface area is 121 Å². The van der Waals surface area contributed by atoms with Gasteiger partial charge in [0.05, 0.1) is 0 Å². The van der Waals surface area contributed by atoms with Gasteiger partial charge in [0.1, 0.15) is 0 Å². The van der Waals surface area contributed by atoms with E-state index >= 15 is 0 Å². The third-order valence-corrected chi connectivity index (χ3v) is 8.12. The molecule has 1 N–H and O–H groups in total. The van der Waals surface area contributed by atoms with Gasteiger partial charge in [-0.25, -0.2) is 0 Å². The van der Waals surface area contributed by atoms with Gasteiger partial charge in [0, 0.05) is 14.2 Å². The first-order valence-electron chi connectivity index (χ1n) is 6.27. The summed E-state index contributed by atoms with van der Waals surface area (Å²) < 4.78 is 16.3. The minimum absolute atomic E-state index is 0.776. The first kappa shape index (κ1) is 15.1. The first-order valence-corrected chi connectivity index (χ1v) is 9.54. The van der Waals surface area contributed by atoms with Gasteiger partial charge in [0.2, 0.25) is 0 Å². The Kier molecular flexibility index (Phi) is 5.24. The molecule has 0 amide bonds. The summed E-state index contributed by atoms with van der Waals surface area (Å²) in [5.74, 6) is 0. The topological polar surface area (TPSA) is 47.9 Å². The minimum atomic E-state index is -3.29. The van der Waals surface area contributed by atoms with Crippen LogP contribution >= 0.6 is 0 Å². The van der Waals surface area contributed by atoms with Crippen LogP contribution in [-0.2, 0) is 13.0 Å². The molecule has 2 rings (SSSR count). The molecule has 0 unspecified atom stereocenters. The highest BCUT2D eigenvalue weighted by Crippen LogP contribution is 2.07. The van der Waals surface area contributed by atoms with Crippen molar-refractivity contribution in [3.05, 3.63) is 60.7 Å². The van der Waals surface area contributed by atoms with Crippen LogP contribution in [0.5, 0.6) is 0 Å². The molecule has 20 heavy (non-hydrogen) atoms. The van der Waals surface area contributed by atoms with Crippen LogP contribution in [0.25, 0.3) is 0 Å². The molecule has 6 heteroatoms. The lowest BCUT2D eigenvalue weighted by molar-refractivity contribution is 0.187. The molecule has 2 aromatic carbocycles. The third-order valence-electron chi connectivity index (χ3n) is 2.98. The van der Waals surface area contributed by atoms with Crippen LogP contribution in [0.1, 0.15) is 0 Å². The maximum Gasteiger partial charge on any atom is 0.475 e. The molecule has 0 radical (unpaired) electrons. The summed E-state index contributed by atoms with van der Waals surface area (Å²) in [4.78, 5) is 11.2. The van der Waals surface area contributed by atoms with Gasteiger partial charge in [0.25, 0.3) is 0 Å². The van der Waals surface area contributed by atoms with Crippen molar-refractivity contribution >= 4 is 28.5 Å². The van der Waals surface area contributed by atoms with Crippen LogP contribution in [0, 0.1) is 0 Å². The van der Waals surface area contributed by atoms with Gasteiger partial charge in [-0.2, -0.15) is 0 Å². The van der Waals surface area contributed by atoms with E-state index in [0.717, 1.165) is 10.4 Å². The number of hydrogen-bond acceptors (Lipinski definition) is 4. The van der Waals surface area contributed by atoms with Crippen LogP contribution < -0.4 is 10.4 Å². The third kappa shape index (κ3) is 3.24. The van der Waals surface area contributed by atoms with Crippen molar-refractivity contribution in [2.24, 2.45) is 0 Å². The van der Waals surface area contributed by atoms with Gasteiger partial charge >= 0.3 is 18.1 Å². The second-order valence-corrected chi connectivity index (χ2v) is 9.16. The summed E-state index contributed by atoms with van der Waals surface area (Å²) in [6.07, 6.45) is 0. The summed E-state index contributed by atoms with van der Waals surface area (Å²) in [5, 5.41) is 1.55. The van der Waals surface area contributed by atoms with E-state index < -0.39 is 18.1 Å². The smallest absolute Gasteiger partial charge is 0.404 e. The predicted octanol–water partition coefficient (Wildman–Crippen LogP) is 0.262. The van der Waals surface area contributed by atoms with Crippen molar-refractivity contribution in [2.75, 3.05) is 14.2 Å². The second kappa shape index (κ2) is 6.93. The zero-order chi connectivity index (χ0) is 14.4. The monoisotopic (exact) mass is 306 g/mol. The molecule has 0 atom stereocenters. The first-order chi connectivity index (χ1) is 9.70. The van der Waals surface area contributed by atoms with Gasteiger partial charge in [-0.1, -0.05) is 60.7 Å². The van der Waals surface area contributed by atoms with E-state index in [1.807, 2.05) is 60.7 Å². The predicted molar refractivity (Wildman–Crippen MR) is 82.4 cm³/mol. The van der Waals surface area contributed by atoms with E-state index in [1.165, 1.54) is 14.2 Å². The Hall–Kier alpha value is -1.29. The summed E-state index contributed by atoms with van der Waals surface area (Å²) in [6, 6.07) is 18.8. The lowest BCUT2D eigenvalue weighted by Crippen LogP contribution is -2.64. The highest BCUT2D eigenvalue weighted by molar-refractivity contribution is 6.94. The largest absolute Gasteiger partial charge is 0.475 e. The van der Waals surface area contributed by atoms with E-state index in [9.17, 15) is 4.80 Å². The molecule has 0 heterocycles. The SMILES string of the molecule is CO[SiH](OC)O[Si](O)(c1ccccc1)c1ccccc1. The minimum Gasteiger partial charge on any atom is -0.404 e. The van der Waals surface area contributed by atoms with Crippen molar-refractivity contribution in [2.45, 2.75) is 0 Å². The highest BCUT2D eigenvalue weighted by Gasteiger charge is 2.42. The quantitative estimate of drug-likeness (QED) is 0.778. The molecule has 0 saturated heterocycles. The maximum absolute atomic E-state index is 11.2. The fourth-order valence-corrected chi connectivity index (χ4v) is 6.75. The number of hydrogen-bond donors (Lipinski definition) is 1. The van der Waals surface area contributed by atoms with E-state index in [2.05, 4.69) is 0 Å². The van der Waals surface area contributed by atoms with Crippen LogP contribution in [0.15, 0.2) is 60.7 Å².